The Kier molecular flexibility index (Phi) is 6.45. The maximum absolute atomic E-state index is 12.8. The molecule has 1 unspecified atom stereocenters. The van der Waals surface area contributed by atoms with Gasteiger partial charge >= 0.3 is 0 Å². The normalized spacial score (nSPS) is 17.0. The van der Waals surface area contributed by atoms with Crippen LogP contribution in [-0.4, -0.2) is 46.7 Å². The van der Waals surface area contributed by atoms with Crippen LogP contribution in [0.5, 0.6) is 0 Å². The van der Waals surface area contributed by atoms with Gasteiger partial charge in [-0.15, -0.1) is 0 Å². The molecule has 5 nitrogen and oxygen atoms in total. The van der Waals surface area contributed by atoms with Gasteiger partial charge in [-0.2, -0.15) is 0 Å². The van der Waals surface area contributed by atoms with Gasteiger partial charge in [0, 0.05) is 50.5 Å². The van der Waals surface area contributed by atoms with E-state index in [2.05, 4.69) is 4.98 Å². The van der Waals surface area contributed by atoms with Gasteiger partial charge in [0.1, 0.15) is 0 Å². The number of carbonyl (C=O) groups is 2. The highest BCUT2D eigenvalue weighted by molar-refractivity contribution is 6.30. The molecule has 3 rings (SSSR count). The third kappa shape index (κ3) is 5.30. The molecule has 27 heavy (non-hydrogen) atoms. The summed E-state index contributed by atoms with van der Waals surface area (Å²) in [5, 5.41) is 0.704. The molecule has 0 spiro atoms. The van der Waals surface area contributed by atoms with Crippen molar-refractivity contribution in [2.75, 3.05) is 20.1 Å². The van der Waals surface area contributed by atoms with Crippen LogP contribution >= 0.6 is 11.6 Å². The van der Waals surface area contributed by atoms with E-state index in [9.17, 15) is 9.59 Å². The third-order valence-electron chi connectivity index (χ3n) is 4.95. The summed E-state index contributed by atoms with van der Waals surface area (Å²) in [5.41, 5.74) is 2.13. The van der Waals surface area contributed by atoms with Gasteiger partial charge in [-0.3, -0.25) is 14.6 Å². The minimum absolute atomic E-state index is 0.0860. The van der Waals surface area contributed by atoms with E-state index in [1.807, 2.05) is 48.3 Å². The molecular weight excluding hydrogens is 362 g/mol. The molecule has 0 saturated carbocycles. The van der Waals surface area contributed by atoms with Crippen molar-refractivity contribution in [1.82, 2.24) is 14.8 Å². The monoisotopic (exact) mass is 385 g/mol. The second kappa shape index (κ2) is 9.00. The van der Waals surface area contributed by atoms with Gasteiger partial charge in [-0.25, -0.2) is 0 Å². The Morgan fingerprint density at radius 1 is 1.26 bits per heavy atom. The minimum atomic E-state index is -0.144. The van der Waals surface area contributed by atoms with Gasteiger partial charge < -0.3 is 9.80 Å². The topological polar surface area (TPSA) is 53.5 Å². The molecule has 6 heteroatoms. The number of amides is 2. The quantitative estimate of drug-likeness (QED) is 0.767. The molecule has 1 saturated heterocycles. The van der Waals surface area contributed by atoms with Crippen LogP contribution in [0, 0.1) is 5.92 Å². The van der Waals surface area contributed by atoms with Crippen molar-refractivity contribution in [1.29, 1.82) is 0 Å². The predicted octanol–water partition coefficient (Wildman–Crippen LogP) is 3.17. The fourth-order valence-corrected chi connectivity index (χ4v) is 3.53. The second-order valence-electron chi connectivity index (χ2n) is 7.01. The van der Waals surface area contributed by atoms with Gasteiger partial charge in [0.15, 0.2) is 0 Å². The molecule has 2 heterocycles. The van der Waals surface area contributed by atoms with Crippen molar-refractivity contribution in [3.05, 3.63) is 64.9 Å². The van der Waals surface area contributed by atoms with Gasteiger partial charge in [-0.1, -0.05) is 29.8 Å². The molecule has 1 aliphatic rings. The van der Waals surface area contributed by atoms with Crippen molar-refractivity contribution < 1.29 is 9.59 Å². The highest BCUT2D eigenvalue weighted by Crippen LogP contribution is 2.21. The molecule has 142 valence electrons. The van der Waals surface area contributed by atoms with Gasteiger partial charge in [0.05, 0.1) is 5.92 Å². The van der Waals surface area contributed by atoms with Gasteiger partial charge in [-0.05, 0) is 42.2 Å². The van der Waals surface area contributed by atoms with Gasteiger partial charge in [0.25, 0.3) is 0 Å². The smallest absolute Gasteiger partial charge is 0.227 e. The summed E-state index contributed by atoms with van der Waals surface area (Å²) >= 11 is 5.91. The fourth-order valence-electron chi connectivity index (χ4n) is 3.40. The lowest BCUT2D eigenvalue weighted by atomic mass is 9.95. The van der Waals surface area contributed by atoms with E-state index in [4.69, 9.17) is 11.6 Å². The number of halogens is 1. The number of hydrogen-bond donors (Lipinski definition) is 0. The Hall–Kier alpha value is -2.40. The number of piperidine rings is 1. The number of rotatable bonds is 6. The summed E-state index contributed by atoms with van der Waals surface area (Å²) in [7, 11) is 1.81. The number of carbonyl (C=O) groups excluding carboxylic acids is 2. The van der Waals surface area contributed by atoms with Crippen LogP contribution in [0.1, 0.15) is 24.0 Å². The number of nitrogens with zero attached hydrogens (tertiary/aromatic N) is 3. The van der Waals surface area contributed by atoms with Crippen LogP contribution in [0.4, 0.5) is 0 Å². The van der Waals surface area contributed by atoms with Crippen molar-refractivity contribution in [2.45, 2.75) is 25.8 Å². The molecule has 0 radical (unpaired) electrons. The summed E-state index contributed by atoms with van der Waals surface area (Å²) in [5.74, 6) is 0.0698. The highest BCUT2D eigenvalue weighted by Gasteiger charge is 2.31. The van der Waals surface area contributed by atoms with E-state index in [0.29, 0.717) is 37.5 Å². The first-order chi connectivity index (χ1) is 13.0. The van der Waals surface area contributed by atoms with Crippen LogP contribution in [0.3, 0.4) is 0 Å². The number of benzene rings is 1. The van der Waals surface area contributed by atoms with Crippen LogP contribution in [-0.2, 0) is 22.6 Å². The summed E-state index contributed by atoms with van der Waals surface area (Å²) in [6.45, 7) is 1.64. The zero-order chi connectivity index (χ0) is 19.2. The lowest BCUT2D eigenvalue weighted by molar-refractivity contribution is -0.142. The fraction of sp³-hybridized carbons (Fsp3) is 0.381. The highest BCUT2D eigenvalue weighted by atomic mass is 35.5. The Bertz CT molecular complexity index is 780. The summed E-state index contributed by atoms with van der Waals surface area (Å²) < 4.78 is 0. The van der Waals surface area contributed by atoms with Crippen LogP contribution in [0.2, 0.25) is 5.02 Å². The Morgan fingerprint density at radius 3 is 2.74 bits per heavy atom. The summed E-state index contributed by atoms with van der Waals surface area (Å²) in [6, 6.07) is 11.5. The van der Waals surface area contributed by atoms with E-state index in [1.165, 1.54) is 0 Å². The maximum atomic E-state index is 12.8. The lowest BCUT2D eigenvalue weighted by Gasteiger charge is -2.34. The molecule has 1 aromatic carbocycles. The molecule has 2 aromatic rings. The standard InChI is InChI=1S/C21H24ClN3O2/c1-24(14-17-3-2-11-23-13-17)21(27)18-6-9-20(26)25(15-18)12-10-16-4-7-19(22)8-5-16/h2-5,7-8,11,13,18H,6,9-10,12,14-15H2,1H3. The number of hydrogen-bond acceptors (Lipinski definition) is 3. The molecule has 1 aliphatic heterocycles. The molecule has 1 fully saturated rings. The predicted molar refractivity (Wildman–Crippen MR) is 105 cm³/mol. The van der Waals surface area contributed by atoms with E-state index in [1.54, 1.807) is 17.3 Å². The van der Waals surface area contributed by atoms with E-state index < -0.39 is 0 Å². The van der Waals surface area contributed by atoms with Crippen LogP contribution in [0.25, 0.3) is 0 Å². The SMILES string of the molecule is CN(Cc1cccnc1)C(=O)C1CCC(=O)N(CCc2ccc(Cl)cc2)C1. The van der Waals surface area contributed by atoms with Crippen LogP contribution in [0.15, 0.2) is 48.8 Å². The largest absolute Gasteiger partial charge is 0.342 e. The zero-order valence-electron chi connectivity index (χ0n) is 15.5. The summed E-state index contributed by atoms with van der Waals surface area (Å²) in [6.07, 6.45) is 5.29. The number of aromatic nitrogens is 1. The average molecular weight is 386 g/mol. The first-order valence-corrected chi connectivity index (χ1v) is 9.57. The molecular formula is C21H24ClN3O2. The van der Waals surface area contributed by atoms with Crippen molar-refractivity contribution in [2.24, 2.45) is 5.92 Å². The molecule has 1 aromatic heterocycles. The maximum Gasteiger partial charge on any atom is 0.227 e. The molecule has 2 amide bonds. The minimum Gasteiger partial charge on any atom is -0.342 e. The third-order valence-corrected chi connectivity index (χ3v) is 5.20. The van der Waals surface area contributed by atoms with Gasteiger partial charge in [0.2, 0.25) is 11.8 Å². The molecule has 0 bridgehead atoms. The number of likely N-dealkylation sites (tertiary alicyclic amines) is 1. The van der Waals surface area contributed by atoms with Crippen LogP contribution < -0.4 is 0 Å². The Labute approximate surface area is 164 Å². The molecule has 0 N–H and O–H groups in total. The molecule has 1 atom stereocenters. The summed E-state index contributed by atoms with van der Waals surface area (Å²) in [4.78, 5) is 32.7. The Morgan fingerprint density at radius 2 is 2.04 bits per heavy atom. The van der Waals surface area contributed by atoms with Crippen molar-refractivity contribution in [3.63, 3.8) is 0 Å². The lowest BCUT2D eigenvalue weighted by Crippen LogP contribution is -2.46. The van der Waals surface area contributed by atoms with Crippen molar-refractivity contribution >= 4 is 23.4 Å². The van der Waals surface area contributed by atoms with E-state index >= 15 is 0 Å². The molecule has 0 aliphatic carbocycles. The van der Waals surface area contributed by atoms with E-state index in [-0.39, 0.29) is 17.7 Å². The average Bonchev–Trinajstić information content (AvgIpc) is 2.69. The Balaban J connectivity index is 1.56. The second-order valence-corrected chi connectivity index (χ2v) is 7.44. The first kappa shape index (κ1) is 19.4. The van der Waals surface area contributed by atoms with E-state index in [0.717, 1.165) is 17.5 Å². The number of pyridine rings is 1. The van der Waals surface area contributed by atoms with Crippen molar-refractivity contribution in [3.8, 4) is 0 Å². The first-order valence-electron chi connectivity index (χ1n) is 9.19. The zero-order valence-corrected chi connectivity index (χ0v) is 16.2.